The SMILES string of the molecule is [NH]C(=O)CC[C@H](NC(=O)CCCCCCCCCCCCCCCCC(=O)O)C(=O)O. The van der Waals surface area contributed by atoms with Crippen LogP contribution in [-0.4, -0.2) is 40.0 Å². The van der Waals surface area contributed by atoms with Crippen LogP contribution in [-0.2, 0) is 19.2 Å². The van der Waals surface area contributed by atoms with Gasteiger partial charge < -0.3 is 15.5 Å². The largest absolute Gasteiger partial charge is 0.481 e. The Hall–Kier alpha value is -2.12. The van der Waals surface area contributed by atoms with Crippen molar-refractivity contribution in [2.45, 2.75) is 122 Å². The molecule has 0 aromatic heterocycles. The molecule has 4 N–H and O–H groups in total. The van der Waals surface area contributed by atoms with Crippen molar-refractivity contribution in [3.63, 3.8) is 0 Å². The zero-order valence-corrected chi connectivity index (χ0v) is 18.8. The first kappa shape index (κ1) is 28.9. The zero-order valence-electron chi connectivity index (χ0n) is 18.8. The van der Waals surface area contributed by atoms with Gasteiger partial charge >= 0.3 is 11.9 Å². The van der Waals surface area contributed by atoms with E-state index in [2.05, 4.69) is 5.32 Å². The number of carbonyl (C=O) groups is 4. The average molecular weight is 442 g/mol. The number of carbonyl (C=O) groups excluding carboxylic acids is 2. The first-order valence-corrected chi connectivity index (χ1v) is 11.8. The maximum absolute atomic E-state index is 11.8. The molecule has 1 atom stereocenters. The summed E-state index contributed by atoms with van der Waals surface area (Å²) in [5.41, 5.74) is 6.82. The Morgan fingerprint density at radius 3 is 1.35 bits per heavy atom. The predicted octanol–water partition coefficient (Wildman–Crippen LogP) is 4.47. The number of unbranched alkanes of at least 4 members (excludes halogenated alkanes) is 13. The summed E-state index contributed by atoms with van der Waals surface area (Å²) < 4.78 is 0. The summed E-state index contributed by atoms with van der Waals surface area (Å²) in [6, 6.07) is -1.10. The molecule has 0 aliphatic carbocycles. The number of rotatable bonds is 22. The molecule has 8 heteroatoms. The van der Waals surface area contributed by atoms with Crippen LogP contribution in [0.4, 0.5) is 0 Å². The van der Waals surface area contributed by atoms with Gasteiger partial charge in [-0.15, -0.1) is 0 Å². The van der Waals surface area contributed by atoms with E-state index in [0.29, 0.717) is 0 Å². The highest BCUT2D eigenvalue weighted by Crippen LogP contribution is 2.14. The van der Waals surface area contributed by atoms with Crippen molar-refractivity contribution in [1.82, 2.24) is 11.1 Å². The van der Waals surface area contributed by atoms with Crippen LogP contribution in [0.1, 0.15) is 116 Å². The molecular formula is C23H41N2O6. The van der Waals surface area contributed by atoms with E-state index in [0.717, 1.165) is 44.9 Å². The molecule has 1 radical (unpaired) electrons. The highest BCUT2D eigenvalue weighted by molar-refractivity contribution is 5.84. The maximum Gasteiger partial charge on any atom is 0.326 e. The second-order valence-corrected chi connectivity index (χ2v) is 8.26. The van der Waals surface area contributed by atoms with Crippen molar-refractivity contribution in [3.8, 4) is 0 Å². The van der Waals surface area contributed by atoms with E-state index in [1.807, 2.05) is 0 Å². The van der Waals surface area contributed by atoms with Crippen LogP contribution in [0, 0.1) is 0 Å². The van der Waals surface area contributed by atoms with E-state index in [-0.39, 0.29) is 31.6 Å². The average Bonchev–Trinajstić information content (AvgIpc) is 2.70. The van der Waals surface area contributed by atoms with Crippen molar-refractivity contribution < 1.29 is 29.4 Å². The van der Waals surface area contributed by atoms with E-state index in [4.69, 9.17) is 15.9 Å². The Kier molecular flexibility index (Phi) is 18.5. The van der Waals surface area contributed by atoms with Crippen LogP contribution < -0.4 is 11.1 Å². The predicted molar refractivity (Wildman–Crippen MR) is 118 cm³/mol. The standard InChI is InChI=1S/C23H41N2O6/c24-20(26)18-17-19(23(30)31)25-21(27)15-13-11-9-7-5-3-1-2-4-6-8-10-12-14-16-22(28)29/h19,24H,1-18H2,(H,25,27)(H,28,29)(H,30,31)/t19-/m0/s1. The van der Waals surface area contributed by atoms with Gasteiger partial charge in [0.15, 0.2) is 0 Å². The van der Waals surface area contributed by atoms with Crippen LogP contribution in [0.25, 0.3) is 0 Å². The van der Waals surface area contributed by atoms with Gasteiger partial charge in [0.1, 0.15) is 6.04 Å². The third kappa shape index (κ3) is 20.9. The minimum absolute atomic E-state index is 0.0454. The Labute approximate surface area is 186 Å². The Balaban J connectivity index is 3.43. The first-order valence-electron chi connectivity index (χ1n) is 11.8. The Bertz CT molecular complexity index is 524. The van der Waals surface area contributed by atoms with Gasteiger partial charge in [-0.05, 0) is 19.3 Å². The number of hydrogen-bond donors (Lipinski definition) is 3. The Morgan fingerprint density at radius 2 is 1.00 bits per heavy atom. The van der Waals surface area contributed by atoms with Crippen molar-refractivity contribution in [1.29, 1.82) is 0 Å². The lowest BCUT2D eigenvalue weighted by atomic mass is 10.0. The van der Waals surface area contributed by atoms with E-state index in [1.54, 1.807) is 0 Å². The second kappa shape index (κ2) is 19.8. The normalized spacial score (nSPS) is 11.7. The third-order valence-corrected chi connectivity index (χ3v) is 5.34. The molecule has 0 spiro atoms. The fourth-order valence-electron chi connectivity index (χ4n) is 3.48. The minimum Gasteiger partial charge on any atom is -0.481 e. The van der Waals surface area contributed by atoms with E-state index >= 15 is 0 Å². The van der Waals surface area contributed by atoms with Crippen molar-refractivity contribution in [2.75, 3.05) is 0 Å². The van der Waals surface area contributed by atoms with Crippen LogP contribution in [0.3, 0.4) is 0 Å². The van der Waals surface area contributed by atoms with E-state index in [9.17, 15) is 19.2 Å². The second-order valence-electron chi connectivity index (χ2n) is 8.26. The fourth-order valence-corrected chi connectivity index (χ4v) is 3.48. The molecule has 0 fully saturated rings. The van der Waals surface area contributed by atoms with Gasteiger partial charge in [0, 0.05) is 19.3 Å². The maximum atomic E-state index is 11.8. The van der Waals surface area contributed by atoms with E-state index in [1.165, 1.54) is 44.9 Å². The summed E-state index contributed by atoms with van der Waals surface area (Å²) in [6.45, 7) is 0. The summed E-state index contributed by atoms with van der Waals surface area (Å²) in [4.78, 5) is 44.0. The summed E-state index contributed by atoms with van der Waals surface area (Å²) in [5, 5.41) is 20.0. The molecule has 31 heavy (non-hydrogen) atoms. The van der Waals surface area contributed by atoms with Crippen LogP contribution in [0.5, 0.6) is 0 Å². The number of nitrogens with one attached hydrogen (secondary N) is 2. The van der Waals surface area contributed by atoms with Gasteiger partial charge in [0.2, 0.25) is 11.8 Å². The number of amides is 2. The molecule has 0 aromatic rings. The van der Waals surface area contributed by atoms with Gasteiger partial charge in [-0.25, -0.2) is 4.79 Å². The number of aliphatic carboxylic acids is 2. The molecule has 0 saturated heterocycles. The van der Waals surface area contributed by atoms with Crippen molar-refractivity contribution in [3.05, 3.63) is 0 Å². The third-order valence-electron chi connectivity index (χ3n) is 5.34. The minimum atomic E-state index is -1.18. The Morgan fingerprint density at radius 1 is 0.613 bits per heavy atom. The van der Waals surface area contributed by atoms with Gasteiger partial charge in [-0.3, -0.25) is 20.1 Å². The topological polar surface area (TPSA) is 145 Å². The number of carboxylic acids is 2. The van der Waals surface area contributed by atoms with Gasteiger partial charge in [-0.2, -0.15) is 0 Å². The molecule has 0 aliphatic heterocycles. The van der Waals surface area contributed by atoms with Crippen LogP contribution in [0.15, 0.2) is 0 Å². The fraction of sp³-hybridized carbons (Fsp3) is 0.826. The molecular weight excluding hydrogens is 400 g/mol. The summed E-state index contributed by atoms with van der Waals surface area (Å²) in [7, 11) is 0. The first-order chi connectivity index (χ1) is 14.8. The molecule has 0 unspecified atom stereocenters. The van der Waals surface area contributed by atoms with Crippen LogP contribution in [0.2, 0.25) is 0 Å². The smallest absolute Gasteiger partial charge is 0.326 e. The highest BCUT2D eigenvalue weighted by Gasteiger charge is 2.20. The van der Waals surface area contributed by atoms with Crippen molar-refractivity contribution in [2.24, 2.45) is 0 Å². The summed E-state index contributed by atoms with van der Waals surface area (Å²) in [5.74, 6) is -3.02. The molecule has 0 aliphatic rings. The van der Waals surface area contributed by atoms with Gasteiger partial charge in [-0.1, -0.05) is 77.0 Å². The summed E-state index contributed by atoms with van der Waals surface area (Å²) in [6.07, 6.45) is 15.8. The molecule has 0 bridgehead atoms. The van der Waals surface area contributed by atoms with E-state index < -0.39 is 23.9 Å². The lowest BCUT2D eigenvalue weighted by Crippen LogP contribution is -2.41. The van der Waals surface area contributed by atoms with Gasteiger partial charge in [0.05, 0.1) is 0 Å². The monoisotopic (exact) mass is 441 g/mol. The summed E-state index contributed by atoms with van der Waals surface area (Å²) >= 11 is 0. The highest BCUT2D eigenvalue weighted by atomic mass is 16.4. The number of carboxylic acid groups (broad SMARTS) is 2. The lowest BCUT2D eigenvalue weighted by molar-refractivity contribution is -0.142. The molecule has 0 saturated carbocycles. The molecule has 0 rings (SSSR count). The van der Waals surface area contributed by atoms with Crippen LogP contribution >= 0.6 is 0 Å². The molecule has 8 nitrogen and oxygen atoms in total. The molecule has 0 heterocycles. The lowest BCUT2D eigenvalue weighted by Gasteiger charge is -2.13. The van der Waals surface area contributed by atoms with Gasteiger partial charge in [0.25, 0.3) is 0 Å². The quantitative estimate of drug-likeness (QED) is 0.211. The zero-order chi connectivity index (χ0) is 23.3. The number of hydrogen-bond acceptors (Lipinski definition) is 4. The van der Waals surface area contributed by atoms with Crippen molar-refractivity contribution >= 4 is 23.8 Å². The molecule has 0 aromatic carbocycles. The molecule has 2 amide bonds. The molecule has 179 valence electrons.